The third-order valence-corrected chi connectivity index (χ3v) is 3.63. The zero-order valence-electron chi connectivity index (χ0n) is 9.97. The molecule has 0 bridgehead atoms. The second-order valence-electron chi connectivity index (χ2n) is 4.01. The Hall–Kier alpha value is -0.900. The number of aromatic nitrogens is 2. The van der Waals surface area contributed by atoms with E-state index in [1.165, 1.54) is 0 Å². The number of benzene rings is 1. The minimum atomic E-state index is 0.449. The minimum absolute atomic E-state index is 0.449. The molecule has 2 rings (SSSR count). The zero-order chi connectivity index (χ0) is 13.3. The highest BCUT2D eigenvalue weighted by Gasteiger charge is 2.07. The molecule has 0 saturated carbocycles. The van der Waals surface area contributed by atoms with Crippen molar-refractivity contribution < 1.29 is 0 Å². The van der Waals surface area contributed by atoms with Crippen LogP contribution in [0.4, 0.5) is 5.69 Å². The Balaban J connectivity index is 2.15. The monoisotopic (exact) mass is 303 g/mol. The molecule has 0 amide bonds. The normalized spacial score (nSPS) is 10.7. The maximum Gasteiger partial charge on any atom is 0.0653 e. The molecule has 1 heterocycles. The standard InChI is InChI=1S/C12H12Cl3N3/c1-7-8(6-18(2)17-7)5-16-12-4-10(14)9(13)3-11(12)15/h3-4,6,16H,5H2,1-2H3. The molecule has 18 heavy (non-hydrogen) atoms. The number of nitrogens with zero attached hydrogens (tertiary/aromatic N) is 2. The quantitative estimate of drug-likeness (QED) is 0.857. The van der Waals surface area contributed by atoms with E-state index >= 15 is 0 Å². The molecule has 6 heteroatoms. The molecule has 1 aromatic carbocycles. The SMILES string of the molecule is Cc1nn(C)cc1CNc1cc(Cl)c(Cl)cc1Cl. The Labute approximate surface area is 121 Å². The molecule has 0 saturated heterocycles. The van der Waals surface area contributed by atoms with Crippen LogP contribution in [0.15, 0.2) is 18.3 Å². The molecule has 0 aliphatic heterocycles. The third-order valence-electron chi connectivity index (χ3n) is 2.59. The lowest BCUT2D eigenvalue weighted by atomic mass is 10.2. The summed E-state index contributed by atoms with van der Waals surface area (Å²) in [6.07, 6.45) is 1.97. The van der Waals surface area contributed by atoms with Crippen molar-refractivity contribution in [1.29, 1.82) is 0 Å². The van der Waals surface area contributed by atoms with Gasteiger partial charge in [0.05, 0.1) is 26.4 Å². The van der Waals surface area contributed by atoms with E-state index in [4.69, 9.17) is 34.8 Å². The van der Waals surface area contributed by atoms with Crippen LogP contribution in [0.25, 0.3) is 0 Å². The highest BCUT2D eigenvalue weighted by atomic mass is 35.5. The van der Waals surface area contributed by atoms with Crippen LogP contribution in [0.5, 0.6) is 0 Å². The lowest BCUT2D eigenvalue weighted by Crippen LogP contribution is -2.00. The van der Waals surface area contributed by atoms with Crippen LogP contribution in [-0.2, 0) is 13.6 Å². The Morgan fingerprint density at radius 1 is 1.17 bits per heavy atom. The summed E-state index contributed by atoms with van der Waals surface area (Å²) < 4.78 is 1.78. The average Bonchev–Trinajstić information content (AvgIpc) is 2.61. The number of rotatable bonds is 3. The lowest BCUT2D eigenvalue weighted by Gasteiger charge is -2.09. The lowest BCUT2D eigenvalue weighted by molar-refractivity contribution is 0.756. The molecule has 0 unspecified atom stereocenters. The van der Waals surface area contributed by atoms with Crippen molar-refractivity contribution in [3.8, 4) is 0 Å². The summed E-state index contributed by atoms with van der Waals surface area (Å²) in [4.78, 5) is 0. The van der Waals surface area contributed by atoms with E-state index in [2.05, 4.69) is 10.4 Å². The Morgan fingerprint density at radius 3 is 2.44 bits per heavy atom. The molecule has 0 spiro atoms. The largest absolute Gasteiger partial charge is 0.380 e. The number of nitrogens with one attached hydrogen (secondary N) is 1. The van der Waals surface area contributed by atoms with E-state index in [1.807, 2.05) is 20.2 Å². The predicted octanol–water partition coefficient (Wildman–Crippen LogP) is 4.30. The van der Waals surface area contributed by atoms with Crippen molar-refractivity contribution in [1.82, 2.24) is 9.78 Å². The van der Waals surface area contributed by atoms with Crippen LogP contribution in [0, 0.1) is 6.92 Å². The summed E-state index contributed by atoms with van der Waals surface area (Å²) in [6.45, 7) is 2.60. The van der Waals surface area contributed by atoms with Gasteiger partial charge in [-0.25, -0.2) is 0 Å². The molecule has 96 valence electrons. The second-order valence-corrected chi connectivity index (χ2v) is 5.23. The van der Waals surface area contributed by atoms with Gasteiger partial charge in [0, 0.05) is 25.4 Å². The van der Waals surface area contributed by atoms with E-state index in [1.54, 1.807) is 16.8 Å². The van der Waals surface area contributed by atoms with Crippen LogP contribution in [0.2, 0.25) is 15.1 Å². The fourth-order valence-corrected chi connectivity index (χ4v) is 2.28. The van der Waals surface area contributed by atoms with Crippen molar-refractivity contribution in [2.45, 2.75) is 13.5 Å². The minimum Gasteiger partial charge on any atom is -0.380 e. The van der Waals surface area contributed by atoms with Crippen molar-refractivity contribution in [2.75, 3.05) is 5.32 Å². The van der Waals surface area contributed by atoms with Crippen LogP contribution >= 0.6 is 34.8 Å². The molecule has 1 aromatic heterocycles. The molecule has 3 nitrogen and oxygen atoms in total. The first kappa shape index (κ1) is 13.5. The molecule has 0 fully saturated rings. The first-order valence-electron chi connectivity index (χ1n) is 5.35. The molecule has 1 N–H and O–H groups in total. The molecule has 0 aliphatic carbocycles. The summed E-state index contributed by atoms with van der Waals surface area (Å²) in [5.74, 6) is 0. The third kappa shape index (κ3) is 2.91. The maximum absolute atomic E-state index is 6.09. The zero-order valence-corrected chi connectivity index (χ0v) is 12.2. The highest BCUT2D eigenvalue weighted by molar-refractivity contribution is 6.44. The predicted molar refractivity (Wildman–Crippen MR) is 76.7 cm³/mol. The van der Waals surface area contributed by atoms with Crippen LogP contribution in [0.3, 0.4) is 0 Å². The summed E-state index contributed by atoms with van der Waals surface area (Å²) in [6, 6.07) is 3.35. The van der Waals surface area contributed by atoms with E-state index in [9.17, 15) is 0 Å². The van der Waals surface area contributed by atoms with E-state index in [-0.39, 0.29) is 0 Å². The first-order chi connectivity index (χ1) is 8.47. The van der Waals surface area contributed by atoms with Gasteiger partial charge in [0.25, 0.3) is 0 Å². The maximum atomic E-state index is 6.09. The van der Waals surface area contributed by atoms with Gasteiger partial charge in [0.1, 0.15) is 0 Å². The van der Waals surface area contributed by atoms with Crippen molar-refractivity contribution in [3.63, 3.8) is 0 Å². The molecular formula is C12H12Cl3N3. The van der Waals surface area contributed by atoms with Gasteiger partial charge in [-0.15, -0.1) is 0 Å². The van der Waals surface area contributed by atoms with Gasteiger partial charge in [-0.05, 0) is 19.1 Å². The van der Waals surface area contributed by atoms with Gasteiger partial charge >= 0.3 is 0 Å². The van der Waals surface area contributed by atoms with Crippen molar-refractivity contribution in [3.05, 3.63) is 44.7 Å². The van der Waals surface area contributed by atoms with E-state index in [0.717, 1.165) is 16.9 Å². The molecular weight excluding hydrogens is 293 g/mol. The molecule has 0 atom stereocenters. The van der Waals surface area contributed by atoms with Crippen LogP contribution < -0.4 is 5.32 Å². The summed E-state index contributed by atoms with van der Waals surface area (Å²) in [7, 11) is 1.89. The first-order valence-corrected chi connectivity index (χ1v) is 6.48. The van der Waals surface area contributed by atoms with Gasteiger partial charge in [0.15, 0.2) is 0 Å². The van der Waals surface area contributed by atoms with Gasteiger partial charge < -0.3 is 5.32 Å². The number of anilines is 1. The summed E-state index contributed by atoms with van der Waals surface area (Å²) >= 11 is 17.9. The average molecular weight is 305 g/mol. The summed E-state index contributed by atoms with van der Waals surface area (Å²) in [5.41, 5.74) is 2.86. The number of hydrogen-bond acceptors (Lipinski definition) is 2. The topological polar surface area (TPSA) is 29.9 Å². The second kappa shape index (κ2) is 5.39. The number of halogens is 3. The Bertz CT molecular complexity index is 578. The van der Waals surface area contributed by atoms with Gasteiger partial charge in [-0.2, -0.15) is 5.10 Å². The number of aryl methyl sites for hydroxylation is 2. The van der Waals surface area contributed by atoms with Crippen LogP contribution in [0.1, 0.15) is 11.3 Å². The van der Waals surface area contributed by atoms with Gasteiger partial charge in [-0.3, -0.25) is 4.68 Å². The van der Waals surface area contributed by atoms with E-state index in [0.29, 0.717) is 21.6 Å². The fourth-order valence-electron chi connectivity index (χ4n) is 1.67. The highest BCUT2D eigenvalue weighted by Crippen LogP contribution is 2.32. The van der Waals surface area contributed by atoms with E-state index < -0.39 is 0 Å². The van der Waals surface area contributed by atoms with Gasteiger partial charge in [0.2, 0.25) is 0 Å². The van der Waals surface area contributed by atoms with Gasteiger partial charge in [-0.1, -0.05) is 34.8 Å². The van der Waals surface area contributed by atoms with Crippen molar-refractivity contribution >= 4 is 40.5 Å². The Morgan fingerprint density at radius 2 is 1.83 bits per heavy atom. The smallest absolute Gasteiger partial charge is 0.0653 e. The number of hydrogen-bond donors (Lipinski definition) is 1. The van der Waals surface area contributed by atoms with Crippen molar-refractivity contribution in [2.24, 2.45) is 7.05 Å². The molecule has 0 radical (unpaired) electrons. The summed E-state index contributed by atoms with van der Waals surface area (Å²) in [5, 5.41) is 8.97. The molecule has 2 aromatic rings. The Kier molecular flexibility index (Phi) is 4.05. The molecule has 0 aliphatic rings. The van der Waals surface area contributed by atoms with Crippen LogP contribution in [-0.4, -0.2) is 9.78 Å². The fraction of sp³-hybridized carbons (Fsp3) is 0.250.